The highest BCUT2D eigenvalue weighted by molar-refractivity contribution is 5.95. The fourth-order valence-electron chi connectivity index (χ4n) is 2.54. The molecule has 5 heteroatoms. The number of aryl methyl sites for hydroxylation is 1. The van der Waals surface area contributed by atoms with E-state index in [1.165, 1.54) is 0 Å². The molecule has 0 aliphatic heterocycles. The predicted molar refractivity (Wildman–Crippen MR) is 89.6 cm³/mol. The molecule has 5 nitrogen and oxygen atoms in total. The minimum absolute atomic E-state index is 0.0855. The van der Waals surface area contributed by atoms with Crippen molar-refractivity contribution >= 4 is 5.91 Å². The molecule has 0 fully saturated rings. The van der Waals surface area contributed by atoms with Gasteiger partial charge in [-0.1, -0.05) is 12.1 Å². The van der Waals surface area contributed by atoms with Crippen molar-refractivity contribution in [2.45, 2.75) is 19.9 Å². The van der Waals surface area contributed by atoms with Gasteiger partial charge in [0.1, 0.15) is 0 Å². The van der Waals surface area contributed by atoms with Gasteiger partial charge in [-0.15, -0.1) is 0 Å². The highest BCUT2D eigenvalue weighted by Crippen LogP contribution is 2.18. The van der Waals surface area contributed by atoms with E-state index in [9.17, 15) is 4.79 Å². The zero-order valence-electron chi connectivity index (χ0n) is 13.5. The first-order chi connectivity index (χ1) is 11.1. The van der Waals surface area contributed by atoms with Crippen molar-refractivity contribution in [2.24, 2.45) is 7.05 Å². The van der Waals surface area contributed by atoms with E-state index >= 15 is 0 Å². The van der Waals surface area contributed by atoms with E-state index in [1.807, 2.05) is 68.2 Å². The van der Waals surface area contributed by atoms with Crippen LogP contribution in [0.5, 0.6) is 0 Å². The number of hydrogen-bond acceptors (Lipinski definition) is 2. The second kappa shape index (κ2) is 6.12. The lowest BCUT2D eigenvalue weighted by Gasteiger charge is -2.15. The average Bonchev–Trinajstić information content (AvgIpc) is 3.19. The zero-order valence-corrected chi connectivity index (χ0v) is 13.5. The van der Waals surface area contributed by atoms with Crippen LogP contribution in [0.2, 0.25) is 0 Å². The molecule has 1 unspecified atom stereocenters. The minimum atomic E-state index is -0.102. The Hall–Kier alpha value is -2.82. The number of benzene rings is 1. The quantitative estimate of drug-likeness (QED) is 0.805. The van der Waals surface area contributed by atoms with Gasteiger partial charge in [0.05, 0.1) is 17.8 Å². The fraction of sp³-hybridized carbons (Fsp3) is 0.222. The van der Waals surface area contributed by atoms with Gasteiger partial charge in [0.15, 0.2) is 0 Å². The summed E-state index contributed by atoms with van der Waals surface area (Å²) in [5, 5.41) is 7.16. The maximum atomic E-state index is 12.4. The lowest BCUT2D eigenvalue weighted by atomic mass is 10.1. The average molecular weight is 308 g/mol. The molecule has 2 aromatic heterocycles. The molecule has 0 saturated carbocycles. The number of nitrogens with one attached hydrogen (secondary N) is 1. The Morgan fingerprint density at radius 1 is 1.22 bits per heavy atom. The SMILES string of the molecule is Cc1c(C(=O)NC(C)c2cccc(-n3cccc3)c2)cnn1C. The number of carbonyl (C=O) groups is 1. The van der Waals surface area contributed by atoms with Crippen LogP contribution in [0.25, 0.3) is 5.69 Å². The summed E-state index contributed by atoms with van der Waals surface area (Å²) in [7, 11) is 1.83. The van der Waals surface area contributed by atoms with Crippen LogP contribution in [0.4, 0.5) is 0 Å². The normalized spacial score (nSPS) is 12.1. The number of rotatable bonds is 4. The maximum absolute atomic E-state index is 12.4. The molecule has 3 aromatic rings. The van der Waals surface area contributed by atoms with Gasteiger partial charge in [-0.25, -0.2) is 0 Å². The molecule has 1 aromatic carbocycles. The zero-order chi connectivity index (χ0) is 16.4. The number of hydrogen-bond donors (Lipinski definition) is 1. The van der Waals surface area contributed by atoms with Gasteiger partial charge in [-0.3, -0.25) is 9.48 Å². The molecular formula is C18H20N4O. The van der Waals surface area contributed by atoms with Gasteiger partial charge < -0.3 is 9.88 Å². The Labute approximate surface area is 135 Å². The van der Waals surface area contributed by atoms with Gasteiger partial charge in [-0.2, -0.15) is 5.10 Å². The molecule has 0 radical (unpaired) electrons. The third kappa shape index (κ3) is 3.04. The highest BCUT2D eigenvalue weighted by atomic mass is 16.1. The minimum Gasteiger partial charge on any atom is -0.345 e. The van der Waals surface area contributed by atoms with Gasteiger partial charge in [0.2, 0.25) is 0 Å². The monoisotopic (exact) mass is 308 g/mol. The van der Waals surface area contributed by atoms with Gasteiger partial charge in [0.25, 0.3) is 5.91 Å². The van der Waals surface area contributed by atoms with Crippen LogP contribution in [0.3, 0.4) is 0 Å². The van der Waals surface area contributed by atoms with E-state index in [4.69, 9.17) is 0 Å². The molecular weight excluding hydrogens is 288 g/mol. The number of aromatic nitrogens is 3. The molecule has 0 aliphatic rings. The van der Waals surface area contributed by atoms with Crippen molar-refractivity contribution in [1.82, 2.24) is 19.7 Å². The van der Waals surface area contributed by atoms with E-state index in [1.54, 1.807) is 10.9 Å². The molecule has 1 atom stereocenters. The maximum Gasteiger partial charge on any atom is 0.255 e. The smallest absolute Gasteiger partial charge is 0.255 e. The van der Waals surface area contributed by atoms with E-state index in [0.29, 0.717) is 5.56 Å². The topological polar surface area (TPSA) is 51.9 Å². The third-order valence-corrected chi connectivity index (χ3v) is 4.10. The van der Waals surface area contributed by atoms with Gasteiger partial charge >= 0.3 is 0 Å². The number of amides is 1. The van der Waals surface area contributed by atoms with Crippen molar-refractivity contribution in [3.05, 3.63) is 71.8 Å². The molecule has 118 valence electrons. The summed E-state index contributed by atoms with van der Waals surface area (Å²) in [4.78, 5) is 12.4. The van der Waals surface area contributed by atoms with Crippen molar-refractivity contribution < 1.29 is 4.79 Å². The van der Waals surface area contributed by atoms with Crippen molar-refractivity contribution in [3.63, 3.8) is 0 Å². The second-order valence-electron chi connectivity index (χ2n) is 5.65. The van der Waals surface area contributed by atoms with Crippen molar-refractivity contribution in [2.75, 3.05) is 0 Å². The summed E-state index contributed by atoms with van der Waals surface area (Å²) in [5.74, 6) is -0.102. The van der Waals surface area contributed by atoms with Crippen LogP contribution in [-0.2, 0) is 7.05 Å². The molecule has 2 heterocycles. The summed E-state index contributed by atoms with van der Waals surface area (Å²) in [6.07, 6.45) is 5.61. The Balaban J connectivity index is 1.78. The summed E-state index contributed by atoms with van der Waals surface area (Å²) < 4.78 is 3.75. The lowest BCUT2D eigenvalue weighted by Crippen LogP contribution is -2.27. The molecule has 1 N–H and O–H groups in total. The Bertz CT molecular complexity index is 817. The first kappa shape index (κ1) is 15.1. The summed E-state index contributed by atoms with van der Waals surface area (Å²) in [6, 6.07) is 12.0. The molecule has 0 saturated heterocycles. The predicted octanol–water partition coefficient (Wildman–Crippen LogP) is 3.01. The number of nitrogens with zero attached hydrogens (tertiary/aromatic N) is 3. The van der Waals surface area contributed by atoms with Crippen molar-refractivity contribution in [3.8, 4) is 5.69 Å². The van der Waals surface area contributed by atoms with Crippen LogP contribution in [0.15, 0.2) is 55.0 Å². The van der Waals surface area contributed by atoms with Gasteiger partial charge in [0, 0.05) is 30.8 Å². The van der Waals surface area contributed by atoms with Crippen molar-refractivity contribution in [1.29, 1.82) is 0 Å². The molecule has 3 rings (SSSR count). The molecule has 23 heavy (non-hydrogen) atoms. The largest absolute Gasteiger partial charge is 0.345 e. The standard InChI is InChI=1S/C18H20N4O/c1-13(20-18(23)17-12-19-21(3)14(17)2)15-7-6-8-16(11-15)22-9-4-5-10-22/h4-13H,1-3H3,(H,20,23). The molecule has 1 amide bonds. The summed E-state index contributed by atoms with van der Waals surface area (Å²) >= 11 is 0. The van der Waals surface area contributed by atoms with Crippen LogP contribution in [0.1, 0.15) is 34.6 Å². The first-order valence-corrected chi connectivity index (χ1v) is 7.59. The molecule has 0 aliphatic carbocycles. The second-order valence-corrected chi connectivity index (χ2v) is 5.65. The lowest BCUT2D eigenvalue weighted by molar-refractivity contribution is 0.0939. The summed E-state index contributed by atoms with van der Waals surface area (Å²) in [6.45, 7) is 3.87. The number of carbonyl (C=O) groups excluding carboxylic acids is 1. The fourth-order valence-corrected chi connectivity index (χ4v) is 2.54. The highest BCUT2D eigenvalue weighted by Gasteiger charge is 2.16. The summed E-state index contributed by atoms with van der Waals surface area (Å²) in [5.41, 5.74) is 3.61. The van der Waals surface area contributed by atoms with E-state index in [0.717, 1.165) is 16.9 Å². The Morgan fingerprint density at radius 3 is 2.61 bits per heavy atom. The Kier molecular flexibility index (Phi) is 4.02. The van der Waals surface area contributed by atoms with Crippen LogP contribution in [-0.4, -0.2) is 20.3 Å². The van der Waals surface area contributed by atoms with Crippen LogP contribution in [0, 0.1) is 6.92 Å². The Morgan fingerprint density at radius 2 is 1.96 bits per heavy atom. The molecule has 0 bridgehead atoms. The van der Waals surface area contributed by atoms with E-state index in [2.05, 4.69) is 16.5 Å². The van der Waals surface area contributed by atoms with Gasteiger partial charge in [-0.05, 0) is 43.7 Å². The van der Waals surface area contributed by atoms with Crippen LogP contribution >= 0.6 is 0 Å². The third-order valence-electron chi connectivity index (χ3n) is 4.10. The van der Waals surface area contributed by atoms with E-state index in [-0.39, 0.29) is 11.9 Å². The molecule has 0 spiro atoms. The first-order valence-electron chi connectivity index (χ1n) is 7.59. The van der Waals surface area contributed by atoms with Crippen LogP contribution < -0.4 is 5.32 Å². The van der Waals surface area contributed by atoms with E-state index < -0.39 is 0 Å².